The van der Waals surface area contributed by atoms with Gasteiger partial charge in [-0.05, 0) is 75.9 Å². The second kappa shape index (κ2) is 10.9. The number of amides is 1. The van der Waals surface area contributed by atoms with Crippen LogP contribution in [0.1, 0.15) is 61.3 Å². The van der Waals surface area contributed by atoms with Gasteiger partial charge in [-0.1, -0.05) is 6.42 Å². The van der Waals surface area contributed by atoms with Crippen LogP contribution in [0.25, 0.3) is 10.2 Å². The summed E-state index contributed by atoms with van der Waals surface area (Å²) in [4.78, 5) is 30.8. The molecule has 9 nitrogen and oxygen atoms in total. The summed E-state index contributed by atoms with van der Waals surface area (Å²) in [6.07, 6.45) is 7.46. The Morgan fingerprint density at radius 3 is 2.59 bits per heavy atom. The minimum atomic E-state index is -0.293. The molecule has 6 rings (SSSR count). The Morgan fingerprint density at radius 2 is 1.81 bits per heavy atom. The molecule has 0 bridgehead atoms. The van der Waals surface area contributed by atoms with E-state index in [2.05, 4.69) is 16.3 Å². The lowest BCUT2D eigenvalue weighted by Gasteiger charge is -2.27. The van der Waals surface area contributed by atoms with E-state index >= 15 is 0 Å². The molecule has 2 aromatic heterocycles. The molecule has 3 aliphatic rings. The number of ether oxygens (including phenoxy) is 1. The Morgan fingerprint density at radius 1 is 1.00 bits per heavy atom. The predicted octanol–water partition coefficient (Wildman–Crippen LogP) is 4.34. The molecule has 3 fully saturated rings. The zero-order valence-corrected chi connectivity index (χ0v) is 21.9. The molecule has 2 N–H and O–H groups in total. The highest BCUT2D eigenvalue weighted by Gasteiger charge is 2.24. The Hall–Kier alpha value is -2.82. The van der Waals surface area contributed by atoms with Crippen LogP contribution in [0, 0.1) is 0 Å². The highest BCUT2D eigenvalue weighted by atomic mass is 32.1. The van der Waals surface area contributed by atoms with Gasteiger partial charge in [0.25, 0.3) is 0 Å². The van der Waals surface area contributed by atoms with Gasteiger partial charge in [0.1, 0.15) is 6.61 Å². The van der Waals surface area contributed by atoms with Crippen molar-refractivity contribution in [2.24, 2.45) is 0 Å². The molecule has 1 amide bonds. The van der Waals surface area contributed by atoms with E-state index in [9.17, 15) is 9.90 Å². The lowest BCUT2D eigenvalue weighted by molar-refractivity contribution is 0.126. The topological polar surface area (TPSA) is 104 Å². The normalized spacial score (nSPS) is 22.9. The standard InChI is InChI=1S/C27H34N6O3S/c34-22-7-4-18(5-8-22)28-26-29-19(14-20(30-26)17-32-10-2-1-3-11-32)15-25-31-23-9-6-21(16-24(23)37-25)33-12-13-36-27(33)35/h6,9,14,16,18,22,34H,1-5,7-8,10-13,15,17H2,(H,28,29,30). The fourth-order valence-electron chi connectivity index (χ4n) is 5.53. The van der Waals surface area contributed by atoms with Gasteiger partial charge >= 0.3 is 6.09 Å². The molecule has 0 unspecified atom stereocenters. The molecule has 196 valence electrons. The van der Waals surface area contributed by atoms with Gasteiger partial charge < -0.3 is 15.2 Å². The van der Waals surface area contributed by atoms with Crippen LogP contribution < -0.4 is 10.2 Å². The number of cyclic esters (lactones) is 1. The predicted molar refractivity (Wildman–Crippen MR) is 144 cm³/mol. The second-order valence-corrected chi connectivity index (χ2v) is 11.5. The van der Waals surface area contributed by atoms with E-state index in [4.69, 9.17) is 19.7 Å². The van der Waals surface area contributed by atoms with Gasteiger partial charge in [0, 0.05) is 24.7 Å². The SMILES string of the molecule is O=C1OCCN1c1ccc2nc(Cc3cc(CN4CCCCC4)nc(NC4CCC(O)CC4)n3)sc2c1. The van der Waals surface area contributed by atoms with E-state index in [0.717, 1.165) is 77.6 Å². The number of fused-ring (bicyclic) bond motifs is 1. The Kier molecular flexibility index (Phi) is 7.21. The van der Waals surface area contributed by atoms with Crippen molar-refractivity contribution >= 4 is 39.3 Å². The zero-order valence-electron chi connectivity index (χ0n) is 21.1. The number of likely N-dealkylation sites (tertiary alicyclic amines) is 1. The highest BCUT2D eigenvalue weighted by Crippen LogP contribution is 2.30. The van der Waals surface area contributed by atoms with Gasteiger partial charge in [0.15, 0.2) is 0 Å². The number of carbonyl (C=O) groups is 1. The maximum Gasteiger partial charge on any atom is 0.414 e. The highest BCUT2D eigenvalue weighted by molar-refractivity contribution is 7.18. The van der Waals surface area contributed by atoms with E-state index in [-0.39, 0.29) is 12.2 Å². The number of rotatable bonds is 7. The van der Waals surface area contributed by atoms with Crippen LogP contribution in [0.15, 0.2) is 24.3 Å². The third-order valence-corrected chi connectivity index (χ3v) is 8.54. The van der Waals surface area contributed by atoms with E-state index < -0.39 is 0 Å². The summed E-state index contributed by atoms with van der Waals surface area (Å²) in [5.74, 6) is 0.682. The van der Waals surface area contributed by atoms with Gasteiger partial charge in [-0.3, -0.25) is 9.80 Å². The molecule has 2 saturated heterocycles. The van der Waals surface area contributed by atoms with Crippen LogP contribution in [0.4, 0.5) is 16.4 Å². The quantitative estimate of drug-likeness (QED) is 0.473. The van der Waals surface area contributed by atoms with Crippen molar-refractivity contribution in [1.29, 1.82) is 0 Å². The molecule has 37 heavy (non-hydrogen) atoms. The van der Waals surface area contributed by atoms with Crippen molar-refractivity contribution in [3.63, 3.8) is 0 Å². The lowest BCUT2D eigenvalue weighted by atomic mass is 9.93. The molecule has 10 heteroatoms. The van der Waals surface area contributed by atoms with Crippen LogP contribution >= 0.6 is 11.3 Å². The van der Waals surface area contributed by atoms with Crippen molar-refractivity contribution in [3.8, 4) is 0 Å². The number of hydrogen-bond acceptors (Lipinski definition) is 9. The number of piperidine rings is 1. The number of aromatic nitrogens is 3. The molecule has 2 aliphatic heterocycles. The minimum absolute atomic E-state index is 0.185. The number of carbonyl (C=O) groups excluding carboxylic acids is 1. The fourth-order valence-corrected chi connectivity index (χ4v) is 6.54. The first-order valence-electron chi connectivity index (χ1n) is 13.5. The summed E-state index contributed by atoms with van der Waals surface area (Å²) >= 11 is 1.64. The molecule has 0 atom stereocenters. The third-order valence-electron chi connectivity index (χ3n) is 7.52. The number of thiazole rings is 1. The Balaban J connectivity index is 1.23. The average molecular weight is 523 g/mol. The first-order valence-corrected chi connectivity index (χ1v) is 14.3. The number of nitrogens with zero attached hydrogens (tertiary/aromatic N) is 5. The van der Waals surface area contributed by atoms with Crippen LogP contribution in [0.2, 0.25) is 0 Å². The smallest absolute Gasteiger partial charge is 0.414 e. The van der Waals surface area contributed by atoms with Crippen LogP contribution in [-0.2, 0) is 17.7 Å². The number of hydrogen-bond donors (Lipinski definition) is 2. The molecule has 1 aromatic carbocycles. The number of aliphatic hydroxyl groups excluding tert-OH is 1. The molecular weight excluding hydrogens is 488 g/mol. The third kappa shape index (κ3) is 5.86. The Bertz CT molecular complexity index is 1250. The van der Waals surface area contributed by atoms with Crippen LogP contribution in [0.3, 0.4) is 0 Å². The molecule has 3 aromatic rings. The number of anilines is 2. The zero-order chi connectivity index (χ0) is 25.2. The molecule has 1 saturated carbocycles. The average Bonchev–Trinajstić information content (AvgIpc) is 3.50. The first-order chi connectivity index (χ1) is 18.1. The van der Waals surface area contributed by atoms with Crippen molar-refractivity contribution in [2.75, 3.05) is 36.5 Å². The van der Waals surface area contributed by atoms with Gasteiger partial charge in [-0.2, -0.15) is 0 Å². The van der Waals surface area contributed by atoms with Crippen molar-refractivity contribution < 1.29 is 14.6 Å². The second-order valence-electron chi connectivity index (χ2n) is 10.4. The summed E-state index contributed by atoms with van der Waals surface area (Å²) in [5, 5.41) is 14.4. The largest absolute Gasteiger partial charge is 0.447 e. The van der Waals surface area contributed by atoms with Gasteiger partial charge in [-0.25, -0.2) is 19.7 Å². The lowest BCUT2D eigenvalue weighted by Crippen LogP contribution is -2.31. The molecule has 0 radical (unpaired) electrons. The van der Waals surface area contributed by atoms with Gasteiger partial charge in [0.05, 0.1) is 39.3 Å². The Labute approximate surface area is 220 Å². The van der Waals surface area contributed by atoms with E-state index in [1.54, 1.807) is 16.2 Å². The number of nitrogens with one attached hydrogen (secondary N) is 1. The maximum absolute atomic E-state index is 12.0. The van der Waals surface area contributed by atoms with Crippen molar-refractivity contribution in [3.05, 3.63) is 40.7 Å². The summed E-state index contributed by atoms with van der Waals surface area (Å²) in [7, 11) is 0. The molecule has 1 aliphatic carbocycles. The van der Waals surface area contributed by atoms with Crippen molar-refractivity contribution in [1.82, 2.24) is 19.9 Å². The molecular formula is C27H34N6O3S. The number of benzene rings is 1. The summed E-state index contributed by atoms with van der Waals surface area (Å²) in [6.45, 7) is 4.08. The maximum atomic E-state index is 12.0. The first kappa shape index (κ1) is 24.5. The van der Waals surface area contributed by atoms with E-state index in [0.29, 0.717) is 31.6 Å². The van der Waals surface area contributed by atoms with E-state index in [1.807, 2.05) is 18.2 Å². The summed E-state index contributed by atoms with van der Waals surface area (Å²) in [6, 6.07) is 8.35. The van der Waals surface area contributed by atoms with Crippen LogP contribution in [0.5, 0.6) is 0 Å². The molecule has 4 heterocycles. The van der Waals surface area contributed by atoms with Crippen LogP contribution in [-0.4, -0.2) is 69.4 Å². The fraction of sp³-hybridized carbons (Fsp3) is 0.556. The van der Waals surface area contributed by atoms with E-state index in [1.165, 1.54) is 19.3 Å². The summed E-state index contributed by atoms with van der Waals surface area (Å²) < 4.78 is 6.14. The number of aliphatic hydroxyl groups is 1. The van der Waals surface area contributed by atoms with Crippen molar-refractivity contribution in [2.45, 2.75) is 70.1 Å². The van der Waals surface area contributed by atoms with Gasteiger partial charge in [-0.15, -0.1) is 11.3 Å². The minimum Gasteiger partial charge on any atom is -0.447 e. The molecule has 0 spiro atoms. The summed E-state index contributed by atoms with van der Waals surface area (Å²) in [5.41, 5.74) is 3.78. The monoisotopic (exact) mass is 522 g/mol. The van der Waals surface area contributed by atoms with Gasteiger partial charge in [0.2, 0.25) is 5.95 Å².